The van der Waals surface area contributed by atoms with Gasteiger partial charge in [-0.3, -0.25) is 0 Å². The fourth-order valence-electron chi connectivity index (χ4n) is 1.75. The van der Waals surface area contributed by atoms with Gasteiger partial charge in [0.05, 0.1) is 5.02 Å². The van der Waals surface area contributed by atoms with Gasteiger partial charge in [0.2, 0.25) is 0 Å². The molecule has 16 heavy (non-hydrogen) atoms. The Kier molecular flexibility index (Phi) is 5.23. The predicted molar refractivity (Wildman–Crippen MR) is 67.4 cm³/mol. The van der Waals surface area contributed by atoms with Crippen LogP contribution >= 0.6 is 11.6 Å². The van der Waals surface area contributed by atoms with E-state index in [1.54, 1.807) is 18.2 Å². The van der Waals surface area contributed by atoms with Crippen molar-refractivity contribution >= 4 is 11.6 Å². The van der Waals surface area contributed by atoms with Gasteiger partial charge < -0.3 is 5.32 Å². The summed E-state index contributed by atoms with van der Waals surface area (Å²) in [4.78, 5) is 0. The predicted octanol–water partition coefficient (Wildman–Crippen LogP) is 3.66. The maximum absolute atomic E-state index is 13.7. The van der Waals surface area contributed by atoms with Gasteiger partial charge >= 0.3 is 0 Å². The number of halogens is 2. The summed E-state index contributed by atoms with van der Waals surface area (Å²) < 4.78 is 13.7. The lowest BCUT2D eigenvalue weighted by atomic mass is 9.96. The van der Waals surface area contributed by atoms with Crippen molar-refractivity contribution in [1.29, 1.82) is 0 Å². The third kappa shape index (κ3) is 3.46. The topological polar surface area (TPSA) is 12.0 Å². The third-order valence-corrected chi connectivity index (χ3v) is 3.03. The van der Waals surface area contributed by atoms with Gasteiger partial charge in [-0.1, -0.05) is 44.5 Å². The molecule has 0 saturated heterocycles. The van der Waals surface area contributed by atoms with Gasteiger partial charge in [-0.25, -0.2) is 4.39 Å². The Morgan fingerprint density at radius 3 is 2.62 bits per heavy atom. The molecule has 0 fully saturated rings. The summed E-state index contributed by atoms with van der Waals surface area (Å²) in [6.45, 7) is 7.22. The minimum absolute atomic E-state index is 0.205. The first kappa shape index (κ1) is 13.5. The summed E-state index contributed by atoms with van der Waals surface area (Å²) in [5.74, 6) is 0.186. The Labute approximate surface area is 102 Å². The van der Waals surface area contributed by atoms with Crippen LogP contribution in [0.3, 0.4) is 0 Å². The number of hydrogen-bond acceptors (Lipinski definition) is 1. The molecule has 0 saturated carbocycles. The molecule has 1 atom stereocenters. The van der Waals surface area contributed by atoms with Crippen LogP contribution in [0.2, 0.25) is 5.02 Å². The van der Waals surface area contributed by atoms with Crippen LogP contribution in [0.15, 0.2) is 18.2 Å². The smallest absolute Gasteiger partial charge is 0.145 e. The van der Waals surface area contributed by atoms with E-state index in [2.05, 4.69) is 26.1 Å². The van der Waals surface area contributed by atoms with Crippen molar-refractivity contribution in [2.24, 2.45) is 5.92 Å². The number of benzene rings is 1. The highest BCUT2D eigenvalue weighted by atomic mass is 35.5. The van der Waals surface area contributed by atoms with Crippen LogP contribution in [0.25, 0.3) is 0 Å². The zero-order valence-electron chi connectivity index (χ0n) is 10.1. The summed E-state index contributed by atoms with van der Waals surface area (Å²) in [6, 6.07) is 5.47. The second kappa shape index (κ2) is 6.21. The van der Waals surface area contributed by atoms with Crippen LogP contribution in [0.1, 0.15) is 26.3 Å². The second-order valence-electron chi connectivity index (χ2n) is 4.33. The lowest BCUT2D eigenvalue weighted by molar-refractivity contribution is 0.400. The highest BCUT2D eigenvalue weighted by Gasteiger charge is 2.15. The molecule has 0 aliphatic heterocycles. The average molecular weight is 244 g/mol. The molecule has 1 unspecified atom stereocenters. The SMILES string of the molecule is CCNC(Cc1cccc(Cl)c1F)C(C)C. The van der Waals surface area contributed by atoms with Gasteiger partial charge in [0, 0.05) is 6.04 Å². The molecular formula is C13H19ClFN. The first-order chi connectivity index (χ1) is 7.56. The van der Waals surface area contributed by atoms with E-state index in [9.17, 15) is 4.39 Å². The van der Waals surface area contributed by atoms with Crippen LogP contribution in [-0.4, -0.2) is 12.6 Å². The molecule has 0 spiro atoms. The van der Waals surface area contributed by atoms with E-state index in [1.807, 2.05) is 0 Å². The van der Waals surface area contributed by atoms with E-state index in [-0.39, 0.29) is 16.9 Å². The molecule has 0 aromatic heterocycles. The van der Waals surface area contributed by atoms with E-state index >= 15 is 0 Å². The highest BCUT2D eigenvalue weighted by molar-refractivity contribution is 6.30. The van der Waals surface area contributed by atoms with E-state index in [0.29, 0.717) is 17.9 Å². The summed E-state index contributed by atoms with van der Waals surface area (Å²) >= 11 is 5.76. The van der Waals surface area contributed by atoms with Crippen LogP contribution in [0.4, 0.5) is 4.39 Å². The van der Waals surface area contributed by atoms with Gasteiger partial charge in [-0.2, -0.15) is 0 Å². The number of rotatable bonds is 5. The quantitative estimate of drug-likeness (QED) is 0.832. The Morgan fingerprint density at radius 2 is 2.06 bits per heavy atom. The zero-order valence-corrected chi connectivity index (χ0v) is 10.8. The monoisotopic (exact) mass is 243 g/mol. The van der Waals surface area contributed by atoms with Crippen molar-refractivity contribution in [3.8, 4) is 0 Å². The molecule has 1 aromatic carbocycles. The van der Waals surface area contributed by atoms with Gasteiger partial charge in [0.1, 0.15) is 5.82 Å². The van der Waals surface area contributed by atoms with Crippen LogP contribution in [-0.2, 0) is 6.42 Å². The first-order valence-electron chi connectivity index (χ1n) is 5.72. The largest absolute Gasteiger partial charge is 0.314 e. The fraction of sp³-hybridized carbons (Fsp3) is 0.538. The molecule has 1 rings (SSSR count). The van der Waals surface area contributed by atoms with Crippen molar-refractivity contribution in [2.45, 2.75) is 33.2 Å². The van der Waals surface area contributed by atoms with E-state index in [4.69, 9.17) is 11.6 Å². The standard InChI is InChI=1S/C13H19ClFN/c1-4-16-12(9(2)3)8-10-6-5-7-11(14)13(10)15/h5-7,9,12,16H,4,8H2,1-3H3. The molecule has 1 N–H and O–H groups in total. The lowest BCUT2D eigenvalue weighted by Gasteiger charge is -2.22. The summed E-state index contributed by atoms with van der Waals surface area (Å²) in [7, 11) is 0. The summed E-state index contributed by atoms with van der Waals surface area (Å²) in [6.07, 6.45) is 0.678. The Hall–Kier alpha value is -0.600. The Morgan fingerprint density at radius 1 is 1.38 bits per heavy atom. The number of likely N-dealkylation sites (N-methyl/N-ethyl adjacent to an activating group) is 1. The van der Waals surface area contributed by atoms with Crippen molar-refractivity contribution < 1.29 is 4.39 Å². The van der Waals surface area contributed by atoms with E-state index < -0.39 is 0 Å². The Bertz CT molecular complexity index is 339. The molecule has 0 aliphatic carbocycles. The highest BCUT2D eigenvalue weighted by Crippen LogP contribution is 2.20. The van der Waals surface area contributed by atoms with Crippen molar-refractivity contribution in [3.63, 3.8) is 0 Å². The molecule has 0 aliphatic rings. The number of nitrogens with one attached hydrogen (secondary N) is 1. The Balaban J connectivity index is 2.81. The van der Waals surface area contributed by atoms with Crippen molar-refractivity contribution in [1.82, 2.24) is 5.32 Å². The van der Waals surface area contributed by atoms with Crippen LogP contribution in [0.5, 0.6) is 0 Å². The molecule has 0 bridgehead atoms. The van der Waals surface area contributed by atoms with Crippen LogP contribution in [0, 0.1) is 11.7 Å². The summed E-state index contributed by atoms with van der Waals surface area (Å²) in [5.41, 5.74) is 0.687. The molecule has 0 amide bonds. The maximum Gasteiger partial charge on any atom is 0.145 e. The average Bonchev–Trinajstić information content (AvgIpc) is 2.23. The molecular weight excluding hydrogens is 225 g/mol. The second-order valence-corrected chi connectivity index (χ2v) is 4.73. The molecule has 1 nitrogen and oxygen atoms in total. The van der Waals surface area contributed by atoms with Gasteiger partial charge in [-0.05, 0) is 30.5 Å². The van der Waals surface area contributed by atoms with Gasteiger partial charge in [-0.15, -0.1) is 0 Å². The molecule has 1 aromatic rings. The molecule has 90 valence electrons. The fourth-order valence-corrected chi connectivity index (χ4v) is 1.94. The third-order valence-electron chi connectivity index (χ3n) is 2.74. The lowest BCUT2D eigenvalue weighted by Crippen LogP contribution is -2.35. The van der Waals surface area contributed by atoms with Gasteiger partial charge in [0.15, 0.2) is 0 Å². The van der Waals surface area contributed by atoms with Crippen molar-refractivity contribution in [3.05, 3.63) is 34.6 Å². The molecule has 3 heteroatoms. The summed E-state index contributed by atoms with van der Waals surface area (Å²) in [5, 5.41) is 3.57. The first-order valence-corrected chi connectivity index (χ1v) is 6.10. The number of hydrogen-bond donors (Lipinski definition) is 1. The minimum atomic E-state index is -0.285. The zero-order chi connectivity index (χ0) is 12.1. The maximum atomic E-state index is 13.7. The van der Waals surface area contributed by atoms with Crippen molar-refractivity contribution in [2.75, 3.05) is 6.54 Å². The van der Waals surface area contributed by atoms with E-state index in [1.165, 1.54) is 0 Å². The normalized spacial score (nSPS) is 13.1. The van der Waals surface area contributed by atoms with E-state index in [0.717, 1.165) is 6.54 Å². The molecule has 0 heterocycles. The minimum Gasteiger partial charge on any atom is -0.314 e. The molecule has 0 radical (unpaired) electrons. The van der Waals surface area contributed by atoms with Gasteiger partial charge in [0.25, 0.3) is 0 Å². The van der Waals surface area contributed by atoms with Crippen LogP contribution < -0.4 is 5.32 Å².